The third kappa shape index (κ3) is 3.39. The molecule has 112 valence electrons. The van der Waals surface area contributed by atoms with Crippen molar-refractivity contribution in [3.8, 4) is 0 Å². The number of aliphatic hydroxyl groups is 1. The Hall–Kier alpha value is -1.94. The van der Waals surface area contributed by atoms with Gasteiger partial charge in [0.25, 0.3) is 5.91 Å². The molecular weight excluding hydrogens is 264 g/mol. The highest BCUT2D eigenvalue weighted by atomic mass is 16.3. The average molecular weight is 286 g/mol. The second-order valence-electron chi connectivity index (χ2n) is 5.72. The Morgan fingerprint density at radius 2 is 2.10 bits per heavy atom. The van der Waals surface area contributed by atoms with Gasteiger partial charge in [-0.3, -0.25) is 9.78 Å². The van der Waals surface area contributed by atoms with Gasteiger partial charge in [0.1, 0.15) is 0 Å². The highest BCUT2D eigenvalue weighted by Gasteiger charge is 2.27. The monoisotopic (exact) mass is 286 g/mol. The van der Waals surface area contributed by atoms with Crippen molar-refractivity contribution in [2.75, 3.05) is 6.54 Å². The summed E-state index contributed by atoms with van der Waals surface area (Å²) in [5.74, 6) is -0.0656. The molecule has 2 atom stereocenters. The molecule has 0 spiro atoms. The van der Waals surface area contributed by atoms with Crippen molar-refractivity contribution in [2.45, 2.75) is 32.8 Å². The van der Waals surface area contributed by atoms with E-state index in [0.29, 0.717) is 5.56 Å². The zero-order valence-electron chi connectivity index (χ0n) is 12.8. The van der Waals surface area contributed by atoms with Gasteiger partial charge in [0.2, 0.25) is 0 Å². The summed E-state index contributed by atoms with van der Waals surface area (Å²) in [6.45, 7) is 5.99. The topological polar surface area (TPSA) is 62.2 Å². The Morgan fingerprint density at radius 3 is 2.81 bits per heavy atom. The van der Waals surface area contributed by atoms with E-state index in [-0.39, 0.29) is 18.4 Å². The fourth-order valence-electron chi connectivity index (χ4n) is 2.26. The fourth-order valence-corrected chi connectivity index (χ4v) is 2.26. The van der Waals surface area contributed by atoms with Gasteiger partial charge < -0.3 is 10.4 Å². The molecule has 2 unspecified atom stereocenters. The molecule has 2 aromatic rings. The third-order valence-electron chi connectivity index (χ3n) is 4.17. The zero-order chi connectivity index (χ0) is 15.5. The number of carbonyl (C=O) groups excluding carboxylic acids is 1. The van der Waals surface area contributed by atoms with Crippen LogP contribution in [0.2, 0.25) is 0 Å². The van der Waals surface area contributed by atoms with Crippen LogP contribution in [-0.4, -0.2) is 28.1 Å². The quantitative estimate of drug-likeness (QED) is 0.888. The van der Waals surface area contributed by atoms with Crippen LogP contribution >= 0.6 is 0 Å². The fraction of sp³-hybridized carbons (Fsp3) is 0.412. The van der Waals surface area contributed by atoms with Gasteiger partial charge in [0.15, 0.2) is 0 Å². The van der Waals surface area contributed by atoms with Crippen molar-refractivity contribution in [3.05, 3.63) is 42.1 Å². The summed E-state index contributed by atoms with van der Waals surface area (Å²) in [5.41, 5.74) is 0.465. The molecule has 0 aliphatic heterocycles. The molecule has 1 amide bonds. The SMILES string of the molecule is CCC(C)C(C)(O)CNC(=O)c1ccnc2ccccc12. The summed E-state index contributed by atoms with van der Waals surface area (Å²) in [6, 6.07) is 9.24. The van der Waals surface area contributed by atoms with Gasteiger partial charge in [-0.15, -0.1) is 0 Å². The average Bonchev–Trinajstić information content (AvgIpc) is 2.51. The molecule has 1 heterocycles. The Kier molecular flexibility index (Phi) is 4.58. The molecule has 0 saturated heterocycles. The maximum atomic E-state index is 12.4. The lowest BCUT2D eigenvalue weighted by Crippen LogP contribution is -2.45. The summed E-state index contributed by atoms with van der Waals surface area (Å²) in [4.78, 5) is 16.6. The van der Waals surface area contributed by atoms with Gasteiger partial charge in [0, 0.05) is 18.1 Å². The molecule has 1 aromatic heterocycles. The highest BCUT2D eigenvalue weighted by molar-refractivity contribution is 6.05. The minimum absolute atomic E-state index is 0.118. The van der Waals surface area contributed by atoms with E-state index in [1.807, 2.05) is 38.1 Å². The Morgan fingerprint density at radius 1 is 1.38 bits per heavy atom. The van der Waals surface area contributed by atoms with Crippen molar-refractivity contribution < 1.29 is 9.90 Å². The van der Waals surface area contributed by atoms with Gasteiger partial charge in [-0.2, -0.15) is 0 Å². The molecule has 2 N–H and O–H groups in total. The van der Waals surface area contributed by atoms with Crippen LogP contribution in [-0.2, 0) is 0 Å². The van der Waals surface area contributed by atoms with Crippen molar-refractivity contribution >= 4 is 16.8 Å². The predicted octanol–water partition coefficient (Wildman–Crippen LogP) is 2.76. The molecule has 0 aliphatic rings. The van der Waals surface area contributed by atoms with Crippen molar-refractivity contribution in [2.24, 2.45) is 5.92 Å². The van der Waals surface area contributed by atoms with Crippen molar-refractivity contribution in [3.63, 3.8) is 0 Å². The molecule has 2 rings (SSSR count). The molecule has 21 heavy (non-hydrogen) atoms. The van der Waals surface area contributed by atoms with E-state index in [2.05, 4.69) is 10.3 Å². The van der Waals surface area contributed by atoms with E-state index < -0.39 is 5.60 Å². The Bertz CT molecular complexity index is 632. The summed E-state index contributed by atoms with van der Waals surface area (Å²) in [6.07, 6.45) is 2.49. The second kappa shape index (κ2) is 6.22. The number of nitrogens with one attached hydrogen (secondary N) is 1. The van der Waals surface area contributed by atoms with Crippen molar-refractivity contribution in [1.82, 2.24) is 10.3 Å². The maximum Gasteiger partial charge on any atom is 0.252 e. The van der Waals surface area contributed by atoms with E-state index in [4.69, 9.17) is 0 Å². The number of hydrogen-bond donors (Lipinski definition) is 2. The van der Waals surface area contributed by atoms with Crippen LogP contribution in [0.1, 0.15) is 37.6 Å². The molecular formula is C17H22N2O2. The second-order valence-corrected chi connectivity index (χ2v) is 5.72. The first-order valence-corrected chi connectivity index (χ1v) is 7.30. The summed E-state index contributed by atoms with van der Waals surface area (Å²) < 4.78 is 0. The van der Waals surface area contributed by atoms with Crippen LogP contribution in [0.5, 0.6) is 0 Å². The number of carbonyl (C=O) groups is 1. The molecule has 0 radical (unpaired) electrons. The standard InChI is InChI=1S/C17H22N2O2/c1-4-12(2)17(3,21)11-19-16(20)14-9-10-18-15-8-6-5-7-13(14)15/h5-10,12,21H,4,11H2,1-3H3,(H,19,20). The van der Waals surface area contributed by atoms with Gasteiger partial charge in [-0.05, 0) is 25.0 Å². The molecule has 0 bridgehead atoms. The highest BCUT2D eigenvalue weighted by Crippen LogP contribution is 2.20. The van der Waals surface area contributed by atoms with E-state index in [0.717, 1.165) is 17.3 Å². The normalized spacial score (nSPS) is 15.4. The number of pyridine rings is 1. The summed E-state index contributed by atoms with van der Waals surface area (Å²) in [5, 5.41) is 14.0. The molecule has 0 saturated carbocycles. The van der Waals surface area contributed by atoms with E-state index in [1.54, 1.807) is 19.2 Å². The lowest BCUT2D eigenvalue weighted by Gasteiger charge is -2.29. The number of rotatable bonds is 5. The first-order chi connectivity index (χ1) is 9.95. The summed E-state index contributed by atoms with van der Waals surface area (Å²) >= 11 is 0. The van der Waals surface area contributed by atoms with Gasteiger partial charge in [-0.1, -0.05) is 38.5 Å². The largest absolute Gasteiger partial charge is 0.388 e. The van der Waals surface area contributed by atoms with E-state index >= 15 is 0 Å². The molecule has 1 aromatic carbocycles. The van der Waals surface area contributed by atoms with Crippen molar-refractivity contribution in [1.29, 1.82) is 0 Å². The van der Waals surface area contributed by atoms with Gasteiger partial charge in [0.05, 0.1) is 16.7 Å². The lowest BCUT2D eigenvalue weighted by molar-refractivity contribution is 0.00594. The lowest BCUT2D eigenvalue weighted by atomic mass is 9.88. The first kappa shape index (κ1) is 15.4. The van der Waals surface area contributed by atoms with Crippen LogP contribution in [0.15, 0.2) is 36.5 Å². The van der Waals surface area contributed by atoms with Crippen LogP contribution in [0.25, 0.3) is 10.9 Å². The molecule has 0 fully saturated rings. The van der Waals surface area contributed by atoms with Crippen LogP contribution < -0.4 is 5.32 Å². The number of hydrogen-bond acceptors (Lipinski definition) is 3. The van der Waals surface area contributed by atoms with Crippen LogP contribution in [0, 0.1) is 5.92 Å². The predicted molar refractivity (Wildman–Crippen MR) is 84.2 cm³/mol. The summed E-state index contributed by atoms with van der Waals surface area (Å²) in [7, 11) is 0. The smallest absolute Gasteiger partial charge is 0.252 e. The zero-order valence-corrected chi connectivity index (χ0v) is 12.8. The van der Waals surface area contributed by atoms with Gasteiger partial charge >= 0.3 is 0 Å². The first-order valence-electron chi connectivity index (χ1n) is 7.30. The van der Waals surface area contributed by atoms with E-state index in [9.17, 15) is 9.90 Å². The minimum Gasteiger partial charge on any atom is -0.388 e. The third-order valence-corrected chi connectivity index (χ3v) is 4.17. The number of fused-ring (bicyclic) bond motifs is 1. The number of aromatic nitrogens is 1. The number of amides is 1. The van der Waals surface area contributed by atoms with E-state index in [1.165, 1.54) is 0 Å². The van der Waals surface area contributed by atoms with Crippen LogP contribution in [0.3, 0.4) is 0 Å². The Labute approximate surface area is 125 Å². The molecule has 4 nitrogen and oxygen atoms in total. The maximum absolute atomic E-state index is 12.4. The van der Waals surface area contributed by atoms with Crippen LogP contribution in [0.4, 0.5) is 0 Å². The molecule has 4 heteroatoms. The number of nitrogens with zero attached hydrogens (tertiary/aromatic N) is 1. The Balaban J connectivity index is 2.17. The number of benzene rings is 1. The molecule has 0 aliphatic carbocycles. The number of para-hydroxylation sites is 1. The minimum atomic E-state index is -0.909. The van der Waals surface area contributed by atoms with Gasteiger partial charge in [-0.25, -0.2) is 0 Å².